The molecule has 0 unspecified atom stereocenters. The second kappa shape index (κ2) is 10.0. The number of carbonyl (C=O) groups is 2. The molecular weight excluding hydrogens is 429 g/mol. The lowest BCUT2D eigenvalue weighted by Crippen LogP contribution is -2.46. The Hall–Kier alpha value is -2.44. The summed E-state index contributed by atoms with van der Waals surface area (Å²) in [6.07, 6.45) is -0.562. The fraction of sp³-hybridized carbons (Fsp3) is 0.364. The van der Waals surface area contributed by atoms with Gasteiger partial charge in [0.15, 0.2) is 0 Å². The Bertz CT molecular complexity index is 873. The molecule has 0 fully saturated rings. The van der Waals surface area contributed by atoms with Crippen LogP contribution < -0.4 is 4.74 Å². The van der Waals surface area contributed by atoms with Crippen LogP contribution in [0.3, 0.4) is 0 Å². The van der Waals surface area contributed by atoms with Gasteiger partial charge in [-0.1, -0.05) is 41.4 Å². The van der Waals surface area contributed by atoms with Crippen LogP contribution in [0, 0.1) is 0 Å². The summed E-state index contributed by atoms with van der Waals surface area (Å²) in [5.41, 5.74) is 0.716. The molecule has 162 valence electrons. The van der Waals surface area contributed by atoms with E-state index in [2.05, 4.69) is 0 Å². The number of carboxylic acid groups (broad SMARTS) is 1. The van der Waals surface area contributed by atoms with E-state index in [1.165, 1.54) is 7.05 Å². The first-order valence-corrected chi connectivity index (χ1v) is 10.1. The van der Waals surface area contributed by atoms with Gasteiger partial charge in [-0.05, 0) is 50.6 Å². The van der Waals surface area contributed by atoms with E-state index >= 15 is 0 Å². The highest BCUT2D eigenvalue weighted by atomic mass is 35.5. The van der Waals surface area contributed by atoms with Crippen LogP contribution >= 0.6 is 23.2 Å². The van der Waals surface area contributed by atoms with E-state index in [-0.39, 0.29) is 13.0 Å². The third-order valence-corrected chi connectivity index (χ3v) is 4.94. The number of amides is 1. The topological polar surface area (TPSA) is 76.1 Å². The number of rotatable bonds is 7. The largest absolute Gasteiger partial charge is 0.489 e. The van der Waals surface area contributed by atoms with E-state index in [0.29, 0.717) is 21.4 Å². The Kier molecular flexibility index (Phi) is 7.98. The molecule has 0 aliphatic heterocycles. The highest BCUT2D eigenvalue weighted by Gasteiger charge is 2.30. The average molecular weight is 454 g/mol. The fourth-order valence-corrected chi connectivity index (χ4v) is 3.13. The van der Waals surface area contributed by atoms with E-state index in [1.807, 2.05) is 0 Å². The molecule has 0 saturated carbocycles. The smallest absolute Gasteiger partial charge is 0.410 e. The van der Waals surface area contributed by atoms with Crippen molar-refractivity contribution in [2.45, 2.75) is 45.4 Å². The Morgan fingerprint density at radius 3 is 2.13 bits per heavy atom. The van der Waals surface area contributed by atoms with E-state index in [0.717, 1.165) is 10.5 Å². The molecule has 0 heterocycles. The maximum atomic E-state index is 12.2. The van der Waals surface area contributed by atoms with Crippen LogP contribution in [0.2, 0.25) is 10.0 Å². The molecule has 6 nitrogen and oxygen atoms in total. The summed E-state index contributed by atoms with van der Waals surface area (Å²) >= 11 is 12.3. The molecule has 2 aromatic carbocycles. The average Bonchev–Trinajstić information content (AvgIpc) is 2.64. The maximum Gasteiger partial charge on any atom is 0.410 e. The number of benzene rings is 2. The van der Waals surface area contributed by atoms with Crippen LogP contribution in [-0.2, 0) is 22.6 Å². The molecule has 0 spiro atoms. The molecule has 0 bridgehead atoms. The standard InChI is InChI=1S/C22H25Cl2NO5/c1-22(2,3)30-21(28)25(4)19(20(26)27)12-14-8-10-15(11-9-14)29-13-16-17(23)6-5-7-18(16)24/h5-11,19H,12-13H2,1-4H3,(H,26,27)/t19-/m1/s1. The van der Waals surface area contributed by atoms with Crippen LogP contribution in [0.4, 0.5) is 4.79 Å². The fourth-order valence-electron chi connectivity index (χ4n) is 2.62. The molecule has 1 atom stereocenters. The third-order valence-electron chi connectivity index (χ3n) is 4.23. The second-order valence-corrected chi connectivity index (χ2v) is 8.60. The molecule has 0 radical (unpaired) electrons. The van der Waals surface area contributed by atoms with Gasteiger partial charge in [0, 0.05) is 29.1 Å². The summed E-state index contributed by atoms with van der Waals surface area (Å²) in [5.74, 6) is -0.529. The van der Waals surface area contributed by atoms with Crippen LogP contribution in [0.25, 0.3) is 0 Å². The lowest BCUT2D eigenvalue weighted by atomic mass is 10.1. The van der Waals surface area contributed by atoms with Crippen molar-refractivity contribution >= 4 is 35.3 Å². The Morgan fingerprint density at radius 2 is 1.63 bits per heavy atom. The van der Waals surface area contributed by atoms with Crippen LogP contribution in [0.5, 0.6) is 5.75 Å². The summed E-state index contributed by atoms with van der Waals surface area (Å²) < 4.78 is 11.0. The van der Waals surface area contributed by atoms with Gasteiger partial charge in [0.2, 0.25) is 0 Å². The van der Waals surface area contributed by atoms with Gasteiger partial charge in [0.25, 0.3) is 0 Å². The van der Waals surface area contributed by atoms with Gasteiger partial charge in [-0.25, -0.2) is 9.59 Å². The lowest BCUT2D eigenvalue weighted by molar-refractivity contribution is -0.142. The van der Waals surface area contributed by atoms with Crippen LogP contribution in [0.15, 0.2) is 42.5 Å². The SMILES string of the molecule is CN(C(=O)OC(C)(C)C)[C@H](Cc1ccc(OCc2c(Cl)cccc2Cl)cc1)C(=O)O. The van der Waals surface area contributed by atoms with E-state index in [4.69, 9.17) is 32.7 Å². The Balaban J connectivity index is 2.03. The number of nitrogens with zero attached hydrogens (tertiary/aromatic N) is 1. The normalized spacial score (nSPS) is 12.2. The van der Waals surface area contributed by atoms with Crippen molar-refractivity contribution in [3.63, 3.8) is 0 Å². The van der Waals surface area contributed by atoms with Crippen molar-refractivity contribution in [2.75, 3.05) is 7.05 Å². The van der Waals surface area contributed by atoms with E-state index in [9.17, 15) is 14.7 Å². The number of carboxylic acids is 1. The quantitative estimate of drug-likeness (QED) is 0.604. The van der Waals surface area contributed by atoms with Crippen molar-refractivity contribution in [3.8, 4) is 5.75 Å². The first kappa shape index (κ1) is 23.8. The monoisotopic (exact) mass is 453 g/mol. The van der Waals surface area contributed by atoms with Gasteiger partial charge in [-0.15, -0.1) is 0 Å². The molecular formula is C22H25Cl2NO5. The summed E-state index contributed by atoms with van der Waals surface area (Å²) in [5, 5.41) is 10.6. The van der Waals surface area contributed by atoms with Gasteiger partial charge in [0.05, 0.1) is 0 Å². The molecule has 0 saturated heterocycles. The minimum atomic E-state index is -1.11. The van der Waals surface area contributed by atoms with Gasteiger partial charge in [0.1, 0.15) is 24.0 Å². The predicted molar refractivity (Wildman–Crippen MR) is 116 cm³/mol. The van der Waals surface area contributed by atoms with Crippen molar-refractivity contribution < 1.29 is 24.2 Å². The second-order valence-electron chi connectivity index (χ2n) is 7.78. The van der Waals surface area contributed by atoms with E-state index < -0.39 is 23.7 Å². The molecule has 2 rings (SSSR count). The van der Waals surface area contributed by atoms with Gasteiger partial charge >= 0.3 is 12.1 Å². The molecule has 1 amide bonds. The number of carbonyl (C=O) groups excluding carboxylic acids is 1. The molecule has 0 aromatic heterocycles. The first-order chi connectivity index (χ1) is 14.0. The Labute approximate surface area is 186 Å². The minimum Gasteiger partial charge on any atom is -0.489 e. The van der Waals surface area contributed by atoms with Gasteiger partial charge < -0.3 is 14.6 Å². The summed E-state index contributed by atoms with van der Waals surface area (Å²) in [7, 11) is 1.41. The number of hydrogen-bond acceptors (Lipinski definition) is 4. The summed E-state index contributed by atoms with van der Waals surface area (Å²) in [4.78, 5) is 25.0. The Morgan fingerprint density at radius 1 is 1.07 bits per heavy atom. The molecule has 0 aliphatic carbocycles. The van der Waals surface area contributed by atoms with Gasteiger partial charge in [-0.2, -0.15) is 0 Å². The minimum absolute atomic E-state index is 0.127. The zero-order valence-corrected chi connectivity index (χ0v) is 18.8. The van der Waals surface area contributed by atoms with E-state index in [1.54, 1.807) is 63.2 Å². The van der Waals surface area contributed by atoms with Crippen molar-refractivity contribution in [1.82, 2.24) is 4.90 Å². The summed E-state index contributed by atoms with van der Waals surface area (Å²) in [6.45, 7) is 5.38. The summed E-state index contributed by atoms with van der Waals surface area (Å²) in [6, 6.07) is 11.1. The molecule has 2 aromatic rings. The van der Waals surface area contributed by atoms with Crippen molar-refractivity contribution in [1.29, 1.82) is 0 Å². The maximum absolute atomic E-state index is 12.2. The molecule has 8 heteroatoms. The number of halogens is 2. The molecule has 30 heavy (non-hydrogen) atoms. The lowest BCUT2D eigenvalue weighted by Gasteiger charge is -2.28. The highest BCUT2D eigenvalue weighted by Crippen LogP contribution is 2.26. The third kappa shape index (κ3) is 6.82. The number of ether oxygens (including phenoxy) is 2. The number of likely N-dealkylation sites (N-methyl/N-ethyl adjacent to an activating group) is 1. The van der Waals surface area contributed by atoms with Crippen LogP contribution in [-0.4, -0.2) is 40.8 Å². The van der Waals surface area contributed by atoms with Crippen molar-refractivity contribution in [2.24, 2.45) is 0 Å². The van der Waals surface area contributed by atoms with Crippen molar-refractivity contribution in [3.05, 3.63) is 63.6 Å². The molecule has 0 aliphatic rings. The number of hydrogen-bond donors (Lipinski definition) is 1. The zero-order valence-electron chi connectivity index (χ0n) is 17.3. The predicted octanol–water partition coefficient (Wildman–Crippen LogP) is 5.44. The highest BCUT2D eigenvalue weighted by molar-refractivity contribution is 6.35. The number of aliphatic carboxylic acids is 1. The molecule has 1 N–H and O–H groups in total. The zero-order chi connectivity index (χ0) is 22.5. The van der Waals surface area contributed by atoms with Gasteiger partial charge in [-0.3, -0.25) is 4.90 Å². The van der Waals surface area contributed by atoms with Crippen LogP contribution in [0.1, 0.15) is 31.9 Å². The first-order valence-electron chi connectivity index (χ1n) is 9.31.